The van der Waals surface area contributed by atoms with Gasteiger partial charge in [-0.05, 0) is 18.6 Å². The highest BCUT2D eigenvalue weighted by molar-refractivity contribution is 6.01. The van der Waals surface area contributed by atoms with E-state index in [1.807, 2.05) is 0 Å². The minimum atomic E-state index is -1.39. The lowest BCUT2D eigenvalue weighted by Crippen LogP contribution is -2.90. The number of hydrogen-bond acceptors (Lipinski definition) is 6. The number of carbonyl (C=O) groups is 3. The van der Waals surface area contributed by atoms with Gasteiger partial charge in [0.15, 0.2) is 0 Å². The largest absolute Gasteiger partial charge is 0.439 e. The summed E-state index contributed by atoms with van der Waals surface area (Å²) in [5.41, 5.74) is 9.10. The van der Waals surface area contributed by atoms with E-state index in [1.54, 1.807) is 43.3 Å². The number of pyridine rings is 1. The molecule has 4 atom stereocenters. The van der Waals surface area contributed by atoms with E-state index in [9.17, 15) is 23.2 Å². The van der Waals surface area contributed by atoms with E-state index in [1.165, 1.54) is 11.4 Å². The summed E-state index contributed by atoms with van der Waals surface area (Å²) in [7, 11) is 0. The van der Waals surface area contributed by atoms with Gasteiger partial charge < -0.3 is 16.0 Å². The molecule has 0 saturated carbocycles. The van der Waals surface area contributed by atoms with Gasteiger partial charge in [0.25, 0.3) is 0 Å². The molecule has 184 valence electrons. The van der Waals surface area contributed by atoms with E-state index in [-0.39, 0.29) is 36.5 Å². The number of likely N-dealkylation sites (tertiary alicyclic amines) is 1. The monoisotopic (exact) mass is 486 g/mol. The van der Waals surface area contributed by atoms with Gasteiger partial charge in [-0.1, -0.05) is 36.4 Å². The van der Waals surface area contributed by atoms with Gasteiger partial charge >= 0.3 is 6.03 Å². The Labute approximate surface area is 200 Å². The van der Waals surface area contributed by atoms with Crippen LogP contribution in [-0.2, 0) is 9.59 Å². The Kier molecular flexibility index (Phi) is 7.12. The molecule has 2 aliphatic rings. The third-order valence-corrected chi connectivity index (χ3v) is 5.92. The number of halogens is 2. The normalized spacial score (nSPS) is 21.3. The molecule has 35 heavy (non-hydrogen) atoms. The molecule has 2 aromatic rings. The van der Waals surface area contributed by atoms with E-state index in [4.69, 9.17) is 5.73 Å². The van der Waals surface area contributed by atoms with Crippen molar-refractivity contribution in [3.63, 3.8) is 0 Å². The highest BCUT2D eigenvalue weighted by Gasteiger charge is 2.41. The third kappa shape index (κ3) is 5.49. The maximum Gasteiger partial charge on any atom is 0.439 e. The number of benzene rings is 1. The van der Waals surface area contributed by atoms with Gasteiger partial charge in [-0.3, -0.25) is 9.59 Å². The smallest absolute Gasteiger partial charge is 0.342 e. The SMILES string of the molecule is CC(N)c1ccc([C@@H](NC(=O)[C@@H]2C[C@@H](F)CN2C(=O)CC2=NNC(=O)[NH2+]2)c2ccccc2)nc1F. The molecule has 3 heterocycles. The van der Waals surface area contributed by atoms with Crippen molar-refractivity contribution < 1.29 is 28.5 Å². The summed E-state index contributed by atoms with van der Waals surface area (Å²) in [6.07, 6.45) is -1.82. The number of amidine groups is 1. The number of hydrazone groups is 1. The highest BCUT2D eigenvalue weighted by Crippen LogP contribution is 2.26. The fourth-order valence-corrected chi connectivity index (χ4v) is 4.17. The van der Waals surface area contributed by atoms with Crippen LogP contribution in [-0.4, -0.2) is 52.3 Å². The van der Waals surface area contributed by atoms with Crippen molar-refractivity contribution in [2.45, 2.75) is 44.1 Å². The molecule has 4 amide bonds. The molecule has 6 N–H and O–H groups in total. The summed E-state index contributed by atoms with van der Waals surface area (Å²) in [4.78, 5) is 42.6. The number of nitrogens with one attached hydrogen (secondary N) is 2. The molecule has 12 heteroatoms. The molecule has 1 aromatic heterocycles. The lowest BCUT2D eigenvalue weighted by molar-refractivity contribution is -0.424. The number of aromatic nitrogens is 1. The second-order valence-corrected chi connectivity index (χ2v) is 8.55. The van der Waals surface area contributed by atoms with Crippen molar-refractivity contribution in [2.24, 2.45) is 10.8 Å². The van der Waals surface area contributed by atoms with Crippen LogP contribution in [0.5, 0.6) is 0 Å². The maximum atomic E-state index is 14.6. The van der Waals surface area contributed by atoms with Crippen molar-refractivity contribution >= 4 is 23.7 Å². The highest BCUT2D eigenvalue weighted by atomic mass is 19.1. The summed E-state index contributed by atoms with van der Waals surface area (Å²) in [5.74, 6) is -1.67. The maximum absolute atomic E-state index is 14.6. The number of amides is 4. The van der Waals surface area contributed by atoms with Crippen LogP contribution in [0.25, 0.3) is 0 Å². The van der Waals surface area contributed by atoms with Crippen LogP contribution < -0.4 is 21.8 Å². The minimum Gasteiger partial charge on any atom is -0.342 e. The van der Waals surface area contributed by atoms with E-state index in [2.05, 4.69) is 20.8 Å². The molecule has 10 nitrogen and oxygen atoms in total. The first-order valence-electron chi connectivity index (χ1n) is 11.1. The second-order valence-electron chi connectivity index (χ2n) is 8.55. The molecule has 1 saturated heterocycles. The molecule has 0 radical (unpaired) electrons. The zero-order valence-corrected chi connectivity index (χ0v) is 18.9. The average molecular weight is 487 g/mol. The van der Waals surface area contributed by atoms with Crippen LogP contribution in [0.3, 0.4) is 0 Å². The van der Waals surface area contributed by atoms with Gasteiger partial charge in [-0.2, -0.15) is 9.82 Å². The topological polar surface area (TPSA) is 146 Å². The molecule has 1 fully saturated rings. The number of rotatable bonds is 7. The molecule has 4 rings (SSSR count). The number of nitrogens with two attached hydrogens (primary N) is 2. The number of primary amides is 1. The predicted molar refractivity (Wildman–Crippen MR) is 121 cm³/mol. The van der Waals surface area contributed by atoms with Crippen LogP contribution in [0.2, 0.25) is 0 Å². The van der Waals surface area contributed by atoms with Gasteiger partial charge in [0.2, 0.25) is 23.6 Å². The van der Waals surface area contributed by atoms with Crippen LogP contribution in [0, 0.1) is 5.95 Å². The van der Waals surface area contributed by atoms with E-state index in [0.717, 1.165) is 4.90 Å². The number of hydrogen-bond donors (Lipinski definition) is 4. The van der Waals surface area contributed by atoms with Gasteiger partial charge in [-0.25, -0.2) is 19.5 Å². The Bertz CT molecular complexity index is 1160. The summed E-state index contributed by atoms with van der Waals surface area (Å²) in [6.45, 7) is 1.38. The Balaban J connectivity index is 1.56. The minimum absolute atomic E-state index is 0.183. The van der Waals surface area contributed by atoms with Crippen molar-refractivity contribution in [1.82, 2.24) is 20.6 Å². The van der Waals surface area contributed by atoms with E-state index >= 15 is 0 Å². The summed E-state index contributed by atoms with van der Waals surface area (Å²) in [5, 5.41) is 7.72. The Morgan fingerprint density at radius 3 is 2.66 bits per heavy atom. The first-order valence-corrected chi connectivity index (χ1v) is 11.1. The quantitative estimate of drug-likeness (QED) is 0.418. The van der Waals surface area contributed by atoms with Gasteiger partial charge in [-0.15, -0.1) is 5.10 Å². The fourth-order valence-electron chi connectivity index (χ4n) is 4.17. The van der Waals surface area contributed by atoms with Crippen LogP contribution >= 0.6 is 0 Å². The molecule has 0 spiro atoms. The summed E-state index contributed by atoms with van der Waals surface area (Å²) < 4.78 is 28.9. The van der Waals surface area contributed by atoms with Crippen molar-refractivity contribution in [3.8, 4) is 0 Å². The van der Waals surface area contributed by atoms with Crippen molar-refractivity contribution in [1.29, 1.82) is 0 Å². The Hall–Kier alpha value is -3.77. The van der Waals surface area contributed by atoms with Gasteiger partial charge in [0.1, 0.15) is 18.6 Å². The number of alkyl halides is 1. The first-order chi connectivity index (χ1) is 16.7. The number of quaternary nitrogens is 1. The summed E-state index contributed by atoms with van der Waals surface area (Å²) in [6, 6.07) is 8.97. The first kappa shape index (κ1) is 24.4. The lowest BCUT2D eigenvalue weighted by atomic mass is 10.0. The molecule has 0 bridgehead atoms. The molecule has 2 aliphatic heterocycles. The van der Waals surface area contributed by atoms with Crippen LogP contribution in [0.1, 0.15) is 48.7 Å². The van der Waals surface area contributed by atoms with Crippen LogP contribution in [0.4, 0.5) is 13.6 Å². The molecule has 1 unspecified atom stereocenters. The molecule has 1 aromatic carbocycles. The predicted octanol–water partition coefficient (Wildman–Crippen LogP) is 0.375. The Morgan fingerprint density at radius 2 is 2.03 bits per heavy atom. The average Bonchev–Trinajstić information content (AvgIpc) is 3.42. The zero-order chi connectivity index (χ0) is 25.1. The van der Waals surface area contributed by atoms with Crippen molar-refractivity contribution in [3.05, 3.63) is 65.2 Å². The van der Waals surface area contributed by atoms with Gasteiger partial charge in [0, 0.05) is 18.0 Å². The molecular weight excluding hydrogens is 460 g/mol. The molecule has 0 aliphatic carbocycles. The Morgan fingerprint density at radius 1 is 1.29 bits per heavy atom. The van der Waals surface area contributed by atoms with Crippen LogP contribution in [0.15, 0.2) is 47.6 Å². The summed E-state index contributed by atoms with van der Waals surface area (Å²) >= 11 is 0. The number of nitrogens with zero attached hydrogens (tertiary/aromatic N) is 3. The fraction of sp³-hybridized carbons (Fsp3) is 0.348. The standard InChI is InChI=1S/C23H25F2N7O3/c1-12(26)15-7-8-16(27-21(15)25)20(13-5-3-2-4-6-13)29-22(34)17-9-14(24)11-32(17)19(33)10-18-28-23(35)31-30-18/h2-8,12,14,17,20H,9-11,26H2,1H3,(H,29,34)(H2,28,30,31,35)/p+1/t12?,14-,17+,20+/m1/s1. The van der Waals surface area contributed by atoms with Crippen molar-refractivity contribution in [2.75, 3.05) is 6.54 Å². The van der Waals surface area contributed by atoms with E-state index in [0.29, 0.717) is 5.56 Å². The second kappa shape index (κ2) is 10.2. The number of urea groups is 1. The third-order valence-electron chi connectivity index (χ3n) is 5.92. The zero-order valence-electron chi connectivity index (χ0n) is 18.9. The number of carbonyl (C=O) groups excluding carboxylic acids is 3. The van der Waals surface area contributed by atoms with Gasteiger partial charge in [0.05, 0.1) is 18.3 Å². The van der Waals surface area contributed by atoms with E-state index < -0.39 is 48.1 Å². The lowest BCUT2D eigenvalue weighted by Gasteiger charge is -2.26. The molecular formula is C23H26F2N7O3+.